The number of benzene rings is 3. The average Bonchev–Trinajstić information content (AvgIpc) is 2.97. The van der Waals surface area contributed by atoms with E-state index in [4.69, 9.17) is 4.74 Å². The molecule has 0 saturated carbocycles. The van der Waals surface area contributed by atoms with E-state index in [0.717, 1.165) is 16.7 Å². The van der Waals surface area contributed by atoms with Crippen LogP contribution in [0.1, 0.15) is 50.8 Å². The highest BCUT2D eigenvalue weighted by atomic mass is 16.5. The van der Waals surface area contributed by atoms with E-state index in [2.05, 4.69) is 16.0 Å². The minimum atomic E-state index is -0.785. The normalized spacial score (nSPS) is 13.3. The van der Waals surface area contributed by atoms with Crippen LogP contribution >= 0.6 is 0 Å². The fraction of sp³-hybridized carbons (Fsp3) is 0.382. The molecule has 0 fully saturated rings. The molecule has 3 aromatic carbocycles. The third kappa shape index (κ3) is 10.8. The largest absolute Gasteiger partial charge is 0.460 e. The van der Waals surface area contributed by atoms with Crippen LogP contribution in [0.4, 0.5) is 0 Å². The van der Waals surface area contributed by atoms with Crippen molar-refractivity contribution < 1.29 is 19.1 Å². The topological polar surface area (TPSA) is 96.5 Å². The van der Waals surface area contributed by atoms with Gasteiger partial charge in [0.05, 0.1) is 6.04 Å². The molecule has 41 heavy (non-hydrogen) atoms. The lowest BCUT2D eigenvalue weighted by Crippen LogP contribution is -2.57. The standard InChI is InChI=1S/C34H43N3O4/c1-24(2)20-29(36-31(25(3)4)34(40)41-23-28-18-12-7-13-19-28)33(39)37-30(21-26-14-8-5-9-15-26)32(38)35-22-27-16-10-6-11-17-27/h5-19,24-25,29-31,36H,20-23H2,1-4H3,(H,35,38)(H,37,39)/t29-,30-,31+/m0/s1. The van der Waals surface area contributed by atoms with Crippen LogP contribution in [0.15, 0.2) is 91.0 Å². The van der Waals surface area contributed by atoms with Crippen molar-refractivity contribution in [2.24, 2.45) is 11.8 Å². The van der Waals surface area contributed by atoms with E-state index >= 15 is 0 Å². The second-order valence-electron chi connectivity index (χ2n) is 11.1. The smallest absolute Gasteiger partial charge is 0.323 e. The summed E-state index contributed by atoms with van der Waals surface area (Å²) in [6.07, 6.45) is 0.832. The first-order valence-corrected chi connectivity index (χ1v) is 14.4. The summed E-state index contributed by atoms with van der Waals surface area (Å²) < 4.78 is 5.61. The molecular formula is C34H43N3O4. The summed E-state index contributed by atoms with van der Waals surface area (Å²) in [5.74, 6) is -0.944. The van der Waals surface area contributed by atoms with Gasteiger partial charge < -0.3 is 15.4 Å². The van der Waals surface area contributed by atoms with Gasteiger partial charge in [0.1, 0.15) is 18.7 Å². The van der Waals surface area contributed by atoms with Crippen molar-refractivity contribution in [3.05, 3.63) is 108 Å². The third-order valence-corrected chi connectivity index (χ3v) is 6.77. The summed E-state index contributed by atoms with van der Waals surface area (Å²) in [5.41, 5.74) is 2.80. The minimum absolute atomic E-state index is 0.116. The maximum atomic E-state index is 13.7. The fourth-order valence-electron chi connectivity index (χ4n) is 4.53. The molecule has 7 nitrogen and oxygen atoms in total. The fourth-order valence-corrected chi connectivity index (χ4v) is 4.53. The van der Waals surface area contributed by atoms with Gasteiger partial charge in [-0.1, -0.05) is 119 Å². The second kappa shape index (κ2) is 16.3. The Bertz CT molecular complexity index is 1220. The zero-order valence-corrected chi connectivity index (χ0v) is 24.5. The van der Waals surface area contributed by atoms with Gasteiger partial charge in [-0.3, -0.25) is 19.7 Å². The predicted octanol–water partition coefficient (Wildman–Crippen LogP) is 4.80. The van der Waals surface area contributed by atoms with Crippen molar-refractivity contribution in [3.8, 4) is 0 Å². The molecular weight excluding hydrogens is 514 g/mol. The minimum Gasteiger partial charge on any atom is -0.460 e. The van der Waals surface area contributed by atoms with Gasteiger partial charge in [0, 0.05) is 13.0 Å². The Morgan fingerprint density at radius 3 is 1.76 bits per heavy atom. The lowest BCUT2D eigenvalue weighted by Gasteiger charge is -2.29. The zero-order valence-electron chi connectivity index (χ0n) is 24.5. The van der Waals surface area contributed by atoms with E-state index < -0.39 is 24.1 Å². The number of carbonyl (C=O) groups is 3. The average molecular weight is 558 g/mol. The summed E-state index contributed by atoms with van der Waals surface area (Å²) in [6.45, 7) is 8.40. The van der Waals surface area contributed by atoms with Gasteiger partial charge in [0.25, 0.3) is 0 Å². The molecule has 0 aliphatic heterocycles. The van der Waals surface area contributed by atoms with Crippen LogP contribution in [0.2, 0.25) is 0 Å². The van der Waals surface area contributed by atoms with Crippen LogP contribution < -0.4 is 16.0 Å². The van der Waals surface area contributed by atoms with Crippen LogP contribution in [0.5, 0.6) is 0 Å². The predicted molar refractivity (Wildman–Crippen MR) is 162 cm³/mol. The summed E-state index contributed by atoms with van der Waals surface area (Å²) in [4.78, 5) is 40.2. The van der Waals surface area contributed by atoms with E-state index in [0.29, 0.717) is 19.4 Å². The highest BCUT2D eigenvalue weighted by Crippen LogP contribution is 2.13. The highest BCUT2D eigenvalue weighted by Gasteiger charge is 2.32. The molecule has 0 aliphatic rings. The van der Waals surface area contributed by atoms with Gasteiger partial charge in [-0.15, -0.1) is 0 Å². The van der Waals surface area contributed by atoms with E-state index in [-0.39, 0.29) is 30.3 Å². The number of hydrogen-bond acceptors (Lipinski definition) is 5. The van der Waals surface area contributed by atoms with Gasteiger partial charge >= 0.3 is 5.97 Å². The number of esters is 1. The maximum Gasteiger partial charge on any atom is 0.323 e. The van der Waals surface area contributed by atoms with Crippen molar-refractivity contribution in [1.29, 1.82) is 0 Å². The van der Waals surface area contributed by atoms with Crippen molar-refractivity contribution in [1.82, 2.24) is 16.0 Å². The number of nitrogens with one attached hydrogen (secondary N) is 3. The van der Waals surface area contributed by atoms with Gasteiger partial charge in [-0.2, -0.15) is 0 Å². The summed E-state index contributed by atoms with van der Waals surface area (Å²) >= 11 is 0. The zero-order chi connectivity index (χ0) is 29.6. The quantitative estimate of drug-likeness (QED) is 0.233. The van der Waals surface area contributed by atoms with Crippen molar-refractivity contribution in [2.75, 3.05) is 0 Å². The Morgan fingerprint density at radius 2 is 1.22 bits per heavy atom. The van der Waals surface area contributed by atoms with E-state index in [1.807, 2.05) is 119 Å². The molecule has 3 atom stereocenters. The summed E-state index contributed by atoms with van der Waals surface area (Å²) in [7, 11) is 0. The van der Waals surface area contributed by atoms with E-state index in [1.165, 1.54) is 0 Å². The molecule has 0 unspecified atom stereocenters. The van der Waals surface area contributed by atoms with Gasteiger partial charge in [-0.05, 0) is 34.9 Å². The molecule has 0 aromatic heterocycles. The lowest BCUT2D eigenvalue weighted by molar-refractivity contribution is -0.149. The lowest BCUT2D eigenvalue weighted by atomic mass is 9.97. The van der Waals surface area contributed by atoms with E-state index in [9.17, 15) is 14.4 Å². The summed E-state index contributed by atoms with van der Waals surface area (Å²) in [5, 5.41) is 9.22. The Labute approximate surface area is 244 Å². The van der Waals surface area contributed by atoms with Crippen LogP contribution in [-0.4, -0.2) is 35.9 Å². The highest BCUT2D eigenvalue weighted by molar-refractivity contribution is 5.90. The molecule has 0 aliphatic carbocycles. The Balaban J connectivity index is 1.73. The molecule has 3 rings (SSSR count). The first kappa shape index (κ1) is 31.6. The number of ether oxygens (including phenoxy) is 1. The Morgan fingerprint density at radius 1 is 0.683 bits per heavy atom. The SMILES string of the molecule is CC(C)C[C@H](N[C@@H](C(=O)OCc1ccccc1)C(C)C)C(=O)N[C@@H](Cc1ccccc1)C(=O)NCc1ccccc1. The van der Waals surface area contributed by atoms with Crippen molar-refractivity contribution in [2.45, 2.75) is 71.8 Å². The number of hydrogen-bond donors (Lipinski definition) is 3. The Hall–Kier alpha value is -3.97. The van der Waals surface area contributed by atoms with Crippen LogP contribution in [0.25, 0.3) is 0 Å². The molecule has 0 spiro atoms. The van der Waals surface area contributed by atoms with Crippen LogP contribution in [0, 0.1) is 11.8 Å². The van der Waals surface area contributed by atoms with Crippen LogP contribution in [-0.2, 0) is 38.7 Å². The Kier molecular flexibility index (Phi) is 12.6. The van der Waals surface area contributed by atoms with Crippen LogP contribution in [0.3, 0.4) is 0 Å². The number of amides is 2. The number of carbonyl (C=O) groups excluding carboxylic acids is 3. The van der Waals surface area contributed by atoms with Gasteiger partial charge in [0.2, 0.25) is 11.8 Å². The molecule has 3 aromatic rings. The third-order valence-electron chi connectivity index (χ3n) is 6.77. The summed E-state index contributed by atoms with van der Waals surface area (Å²) in [6, 6.07) is 26.6. The molecule has 2 amide bonds. The second-order valence-corrected chi connectivity index (χ2v) is 11.1. The molecule has 0 saturated heterocycles. The molecule has 3 N–H and O–H groups in total. The van der Waals surface area contributed by atoms with Gasteiger partial charge in [0.15, 0.2) is 0 Å². The number of rotatable bonds is 15. The molecule has 0 radical (unpaired) electrons. The van der Waals surface area contributed by atoms with Gasteiger partial charge in [-0.25, -0.2) is 0 Å². The molecule has 218 valence electrons. The molecule has 7 heteroatoms. The molecule has 0 heterocycles. The first-order chi connectivity index (χ1) is 19.7. The van der Waals surface area contributed by atoms with Crippen molar-refractivity contribution in [3.63, 3.8) is 0 Å². The monoisotopic (exact) mass is 557 g/mol. The maximum absolute atomic E-state index is 13.7. The molecule has 0 bridgehead atoms. The van der Waals surface area contributed by atoms with Crippen molar-refractivity contribution >= 4 is 17.8 Å². The van der Waals surface area contributed by atoms with E-state index in [1.54, 1.807) is 0 Å². The first-order valence-electron chi connectivity index (χ1n) is 14.4.